The predicted octanol–water partition coefficient (Wildman–Crippen LogP) is -1.52. The first kappa shape index (κ1) is 13.3. The molecule has 0 bridgehead atoms. The van der Waals surface area contributed by atoms with Crippen molar-refractivity contribution in [3.05, 3.63) is 60.7 Å². The number of hydrogen-bond donors (Lipinski definition) is 1. The molecule has 2 rings (SSSR count). The van der Waals surface area contributed by atoms with E-state index in [1.807, 2.05) is 67.2 Å². The molecule has 1 N–H and O–H groups in total. The van der Waals surface area contributed by atoms with Crippen LogP contribution in [0.15, 0.2) is 60.7 Å². The van der Waals surface area contributed by atoms with Gasteiger partial charge in [0.2, 0.25) is 8.32 Å². The van der Waals surface area contributed by atoms with E-state index in [-0.39, 0.29) is 20.3 Å². The van der Waals surface area contributed by atoms with Crippen molar-refractivity contribution in [3.8, 4) is 0 Å². The molecule has 16 heavy (non-hydrogen) atoms. The molecular weight excluding hydrogens is 207 g/mol. The van der Waals surface area contributed by atoms with E-state index in [0.29, 0.717) is 0 Å². The molecule has 0 saturated carbocycles. The van der Waals surface area contributed by atoms with Crippen molar-refractivity contribution in [2.45, 2.75) is 6.55 Å². The van der Waals surface area contributed by atoms with Crippen LogP contribution in [0.4, 0.5) is 0 Å². The van der Waals surface area contributed by atoms with Gasteiger partial charge in [-0.1, -0.05) is 60.7 Å². The smallest absolute Gasteiger partial charge is 1.00 e. The van der Waals surface area contributed by atoms with Crippen molar-refractivity contribution in [3.63, 3.8) is 0 Å². The molecule has 0 saturated heterocycles. The molecule has 0 amide bonds. The molecule has 1 nitrogen and oxygen atoms in total. The summed E-state index contributed by atoms with van der Waals surface area (Å²) in [4.78, 5) is 10.6. The Balaban J connectivity index is 0.00000128. The largest absolute Gasteiger partial charge is 1.00 e. The van der Waals surface area contributed by atoms with Gasteiger partial charge >= 0.3 is 18.9 Å². The van der Waals surface area contributed by atoms with E-state index in [1.54, 1.807) is 0 Å². The molecule has 0 aliphatic carbocycles. The zero-order chi connectivity index (χ0) is 10.7. The Kier molecular flexibility index (Phi) is 4.58. The maximum absolute atomic E-state index is 10.6. The molecule has 78 valence electrons. The maximum Gasteiger partial charge on any atom is 1.00 e. The molecule has 0 heterocycles. The van der Waals surface area contributed by atoms with Crippen molar-refractivity contribution in [1.29, 1.82) is 0 Å². The average Bonchev–Trinajstić information content (AvgIpc) is 2.31. The van der Waals surface area contributed by atoms with Gasteiger partial charge in [-0.15, -0.1) is 0 Å². The molecule has 0 aromatic heterocycles. The first-order chi connectivity index (χ1) is 7.21. The van der Waals surface area contributed by atoms with E-state index in [2.05, 4.69) is 0 Å². The van der Waals surface area contributed by atoms with E-state index >= 15 is 0 Å². The van der Waals surface area contributed by atoms with Crippen LogP contribution in [-0.4, -0.2) is 13.1 Å². The second-order valence-corrected chi connectivity index (χ2v) is 7.10. The molecular formula is C13H15LiOSi. The van der Waals surface area contributed by atoms with Crippen molar-refractivity contribution in [1.82, 2.24) is 0 Å². The van der Waals surface area contributed by atoms with E-state index in [9.17, 15) is 4.80 Å². The fourth-order valence-corrected chi connectivity index (χ4v) is 3.71. The quantitative estimate of drug-likeness (QED) is 0.612. The first-order valence-corrected chi connectivity index (χ1v) is 7.49. The third kappa shape index (κ3) is 2.66. The summed E-state index contributed by atoms with van der Waals surface area (Å²) in [6.07, 6.45) is 0. The molecule has 0 radical (unpaired) electrons. The summed E-state index contributed by atoms with van der Waals surface area (Å²) in [5.41, 5.74) is 0. The zero-order valence-corrected chi connectivity index (χ0v) is 10.7. The molecule has 0 spiro atoms. The summed E-state index contributed by atoms with van der Waals surface area (Å²) in [6, 6.07) is 19.8. The topological polar surface area (TPSA) is 20.2 Å². The Labute approximate surface area is 111 Å². The van der Waals surface area contributed by atoms with Crippen LogP contribution in [0.2, 0.25) is 6.55 Å². The second-order valence-electron chi connectivity index (χ2n) is 3.80. The number of benzene rings is 2. The summed E-state index contributed by atoms with van der Waals surface area (Å²) in [7, 11) is -2.46. The molecule has 2 aromatic rings. The fraction of sp³-hybridized carbons (Fsp3) is 0.0769. The molecule has 0 aliphatic rings. The van der Waals surface area contributed by atoms with Crippen LogP contribution in [0.3, 0.4) is 0 Å². The van der Waals surface area contributed by atoms with Crippen LogP contribution < -0.4 is 29.2 Å². The van der Waals surface area contributed by atoms with Crippen LogP contribution >= 0.6 is 0 Å². The predicted molar refractivity (Wildman–Crippen MR) is 67.1 cm³/mol. The summed E-state index contributed by atoms with van der Waals surface area (Å²) in [5.74, 6) is 0. The standard InChI is InChI=1S/C13H14OSi.Li.H/c1-15(14,12-8-4-2-5-9-12)13-10-6-3-7-11-13;;/h2-11,14H,1H3;;/q;+1;-1. The van der Waals surface area contributed by atoms with E-state index < -0.39 is 8.32 Å². The Morgan fingerprint density at radius 2 is 1.12 bits per heavy atom. The Bertz CT molecular complexity index is 392. The minimum atomic E-state index is -2.46. The Morgan fingerprint density at radius 1 is 0.812 bits per heavy atom. The molecule has 0 aliphatic heterocycles. The van der Waals surface area contributed by atoms with Gasteiger partial charge < -0.3 is 6.22 Å². The summed E-state index contributed by atoms with van der Waals surface area (Å²) in [6.45, 7) is 1.96. The third-order valence-electron chi connectivity index (χ3n) is 2.67. The van der Waals surface area contributed by atoms with Gasteiger partial charge in [-0.3, -0.25) is 0 Å². The van der Waals surface area contributed by atoms with Crippen LogP contribution in [0.25, 0.3) is 0 Å². The van der Waals surface area contributed by atoms with Crippen LogP contribution in [0.5, 0.6) is 0 Å². The molecule has 0 unspecified atom stereocenters. The Morgan fingerprint density at radius 3 is 1.44 bits per heavy atom. The van der Waals surface area contributed by atoms with Crippen LogP contribution in [-0.2, 0) is 0 Å². The maximum atomic E-state index is 10.6. The van der Waals surface area contributed by atoms with Crippen molar-refractivity contribution < 1.29 is 25.1 Å². The van der Waals surface area contributed by atoms with Gasteiger partial charge in [0, 0.05) is 0 Å². The normalized spacial score (nSPS) is 10.6. The third-order valence-corrected chi connectivity index (χ3v) is 5.59. The van der Waals surface area contributed by atoms with E-state index in [1.165, 1.54) is 0 Å². The number of rotatable bonds is 2. The van der Waals surface area contributed by atoms with Gasteiger partial charge in [0.1, 0.15) is 0 Å². The molecule has 0 atom stereocenters. The van der Waals surface area contributed by atoms with Gasteiger partial charge in [0.25, 0.3) is 0 Å². The molecule has 3 heteroatoms. The minimum Gasteiger partial charge on any atom is -1.00 e. The zero-order valence-electron chi connectivity index (χ0n) is 10.7. The first-order valence-electron chi connectivity index (χ1n) is 5.04. The minimum absolute atomic E-state index is 0. The SMILES string of the molecule is C[Si](O)(c1ccccc1)c1ccccc1.[H-].[Li+]. The van der Waals surface area contributed by atoms with Crippen molar-refractivity contribution >= 4 is 18.7 Å². The van der Waals surface area contributed by atoms with Gasteiger partial charge in [-0.05, 0) is 16.9 Å². The van der Waals surface area contributed by atoms with Crippen molar-refractivity contribution in [2.75, 3.05) is 0 Å². The summed E-state index contributed by atoms with van der Waals surface area (Å²) in [5, 5.41) is 2.10. The van der Waals surface area contributed by atoms with Crippen LogP contribution in [0, 0.1) is 0 Å². The van der Waals surface area contributed by atoms with Gasteiger partial charge in [0.15, 0.2) is 0 Å². The summed E-state index contributed by atoms with van der Waals surface area (Å²) < 4.78 is 0. The van der Waals surface area contributed by atoms with Crippen molar-refractivity contribution in [2.24, 2.45) is 0 Å². The molecule has 2 aromatic carbocycles. The Hall–Kier alpha value is -0.786. The van der Waals surface area contributed by atoms with Gasteiger partial charge in [0.05, 0.1) is 0 Å². The second kappa shape index (κ2) is 5.52. The van der Waals surface area contributed by atoms with E-state index in [4.69, 9.17) is 0 Å². The average molecular weight is 222 g/mol. The van der Waals surface area contributed by atoms with Crippen LogP contribution in [0.1, 0.15) is 1.43 Å². The van der Waals surface area contributed by atoms with Gasteiger partial charge in [-0.2, -0.15) is 0 Å². The summed E-state index contributed by atoms with van der Waals surface area (Å²) >= 11 is 0. The number of hydrogen-bond acceptors (Lipinski definition) is 1. The van der Waals surface area contributed by atoms with E-state index in [0.717, 1.165) is 10.4 Å². The van der Waals surface area contributed by atoms with Gasteiger partial charge in [-0.25, -0.2) is 0 Å². The molecule has 0 fully saturated rings. The monoisotopic (exact) mass is 222 g/mol. The fourth-order valence-electron chi connectivity index (χ4n) is 1.69.